The number of hydrogen-bond donors (Lipinski definition) is 1. The van der Waals surface area contributed by atoms with Crippen molar-refractivity contribution in [1.29, 1.82) is 0 Å². The van der Waals surface area contributed by atoms with Crippen LogP contribution in [0.15, 0.2) is 6.20 Å². The Kier molecular flexibility index (Phi) is 7.40. The van der Waals surface area contributed by atoms with E-state index in [1.165, 1.54) is 6.20 Å². The molecule has 1 aromatic heterocycles. The molecule has 0 bridgehead atoms. The number of carbonyl (C=O) groups is 2. The lowest BCUT2D eigenvalue weighted by molar-refractivity contribution is -0.158. The summed E-state index contributed by atoms with van der Waals surface area (Å²) in [5.74, 6) is 3.96. The molecule has 2 unspecified atom stereocenters. The van der Waals surface area contributed by atoms with Gasteiger partial charge >= 0.3 is 11.9 Å². The van der Waals surface area contributed by atoms with Crippen LogP contribution in [0, 0.1) is 42.4 Å². The van der Waals surface area contributed by atoms with Gasteiger partial charge in [0.25, 0.3) is 0 Å². The average Bonchev–Trinajstić information content (AvgIpc) is 3.45. The number of carbonyl (C=O) groups excluding carboxylic acids is 2. The average molecular weight is 441 g/mol. The zero-order valence-electron chi connectivity index (χ0n) is 18.1. The molecule has 170 valence electrons. The van der Waals surface area contributed by atoms with Crippen LogP contribution in [0.3, 0.4) is 0 Å². The minimum Gasteiger partial charge on any atom is -0.506 e. The highest BCUT2D eigenvalue weighted by atomic mass is 16.5. The topological polar surface area (TPSA) is 104 Å². The van der Waals surface area contributed by atoms with Crippen LogP contribution in [0.25, 0.3) is 0 Å². The molecule has 2 saturated heterocycles. The zero-order valence-corrected chi connectivity index (χ0v) is 18.1. The van der Waals surface area contributed by atoms with Crippen molar-refractivity contribution in [3.8, 4) is 30.4 Å². The molecule has 1 aromatic rings. The van der Waals surface area contributed by atoms with E-state index in [-0.39, 0.29) is 45.0 Å². The monoisotopic (exact) mass is 441 g/mol. The maximum Gasteiger partial charge on any atom is 0.315 e. The third kappa shape index (κ3) is 4.72. The second-order valence-electron chi connectivity index (χ2n) is 8.28. The number of aryl methyl sites for hydroxylation is 1. The van der Waals surface area contributed by atoms with Gasteiger partial charge in [0.1, 0.15) is 29.8 Å². The number of ether oxygens (including phenoxy) is 4. The molecule has 0 radical (unpaired) electrons. The van der Waals surface area contributed by atoms with E-state index >= 15 is 0 Å². The van der Waals surface area contributed by atoms with E-state index in [0.29, 0.717) is 42.9 Å². The third-order valence-corrected chi connectivity index (χ3v) is 6.09. The van der Waals surface area contributed by atoms with Gasteiger partial charge in [-0.1, -0.05) is 0 Å². The smallest absolute Gasteiger partial charge is 0.315 e. The van der Waals surface area contributed by atoms with E-state index in [4.69, 9.17) is 31.8 Å². The number of terminal acetylenes is 2. The quantitative estimate of drug-likeness (QED) is 0.483. The van der Waals surface area contributed by atoms with Gasteiger partial charge in [-0.05, 0) is 19.8 Å². The summed E-state index contributed by atoms with van der Waals surface area (Å²) >= 11 is 0. The Balaban J connectivity index is 1.73. The lowest BCUT2D eigenvalue weighted by Gasteiger charge is -2.24. The van der Waals surface area contributed by atoms with Crippen molar-refractivity contribution >= 4 is 11.9 Å². The SMILES string of the molecule is C#CCC1(C(=O)OCc2cnc(C)c(O)c2COC(=O)C2(CC#C)CCOC2)CCOC1. The van der Waals surface area contributed by atoms with Crippen molar-refractivity contribution in [3.05, 3.63) is 23.0 Å². The van der Waals surface area contributed by atoms with E-state index < -0.39 is 22.8 Å². The lowest BCUT2D eigenvalue weighted by Crippen LogP contribution is -2.33. The van der Waals surface area contributed by atoms with Crippen LogP contribution in [-0.4, -0.2) is 48.5 Å². The minimum absolute atomic E-state index is 0.123. The van der Waals surface area contributed by atoms with Gasteiger partial charge in [0.15, 0.2) is 0 Å². The van der Waals surface area contributed by atoms with Gasteiger partial charge < -0.3 is 24.1 Å². The molecule has 2 aliphatic heterocycles. The van der Waals surface area contributed by atoms with Gasteiger partial charge in [0.2, 0.25) is 0 Å². The van der Waals surface area contributed by atoms with Crippen molar-refractivity contribution in [3.63, 3.8) is 0 Å². The molecule has 0 amide bonds. The Bertz CT molecular complexity index is 944. The Morgan fingerprint density at radius 2 is 1.59 bits per heavy atom. The van der Waals surface area contributed by atoms with E-state index in [0.717, 1.165) is 0 Å². The molecular weight excluding hydrogens is 414 g/mol. The fourth-order valence-corrected chi connectivity index (χ4v) is 3.91. The molecule has 2 fully saturated rings. The molecule has 1 N–H and O–H groups in total. The first-order valence-electron chi connectivity index (χ1n) is 10.4. The third-order valence-electron chi connectivity index (χ3n) is 6.09. The summed E-state index contributed by atoms with van der Waals surface area (Å²) in [6, 6.07) is 0. The van der Waals surface area contributed by atoms with E-state index in [1.807, 2.05) is 0 Å². The first-order chi connectivity index (χ1) is 15.4. The molecule has 2 atom stereocenters. The molecular formula is C24H27NO7. The fourth-order valence-electron chi connectivity index (χ4n) is 3.91. The van der Waals surface area contributed by atoms with Crippen LogP contribution in [0.2, 0.25) is 0 Å². The number of nitrogens with zero attached hydrogens (tertiary/aromatic N) is 1. The van der Waals surface area contributed by atoms with Crippen molar-refractivity contribution in [2.75, 3.05) is 26.4 Å². The zero-order chi connectivity index (χ0) is 23.2. The predicted molar refractivity (Wildman–Crippen MR) is 113 cm³/mol. The molecule has 2 aliphatic rings. The largest absolute Gasteiger partial charge is 0.506 e. The second kappa shape index (κ2) is 10.0. The van der Waals surface area contributed by atoms with Gasteiger partial charge in [-0.25, -0.2) is 0 Å². The highest BCUT2D eigenvalue weighted by Crippen LogP contribution is 2.36. The van der Waals surface area contributed by atoms with E-state index in [2.05, 4.69) is 16.8 Å². The van der Waals surface area contributed by atoms with Gasteiger partial charge in [-0.2, -0.15) is 0 Å². The maximum absolute atomic E-state index is 12.8. The summed E-state index contributed by atoms with van der Waals surface area (Å²) in [5, 5.41) is 10.5. The van der Waals surface area contributed by atoms with Crippen molar-refractivity contribution < 1.29 is 33.6 Å². The normalized spacial score (nSPS) is 24.5. The summed E-state index contributed by atoms with van der Waals surface area (Å²) in [7, 11) is 0. The van der Waals surface area contributed by atoms with Gasteiger partial charge in [-0.15, -0.1) is 24.7 Å². The molecule has 0 aromatic carbocycles. The highest BCUT2D eigenvalue weighted by Gasteiger charge is 2.44. The van der Waals surface area contributed by atoms with Crippen molar-refractivity contribution in [2.45, 2.75) is 45.8 Å². The number of aromatic hydroxyl groups is 1. The minimum atomic E-state index is -0.886. The van der Waals surface area contributed by atoms with Crippen LogP contribution in [-0.2, 0) is 41.8 Å². The van der Waals surface area contributed by atoms with Crippen molar-refractivity contribution in [2.24, 2.45) is 10.8 Å². The van der Waals surface area contributed by atoms with Crippen LogP contribution in [0.1, 0.15) is 42.5 Å². The van der Waals surface area contributed by atoms with Crippen LogP contribution < -0.4 is 0 Å². The molecule has 8 nitrogen and oxygen atoms in total. The van der Waals surface area contributed by atoms with Gasteiger partial charge in [0.05, 0.1) is 18.9 Å². The Morgan fingerprint density at radius 3 is 2.06 bits per heavy atom. The predicted octanol–water partition coefficient (Wildman–Crippen LogP) is 2.04. The molecule has 0 spiro atoms. The van der Waals surface area contributed by atoms with E-state index in [1.54, 1.807) is 6.92 Å². The Hall–Kier alpha value is -3.07. The summed E-state index contributed by atoms with van der Waals surface area (Å²) in [4.78, 5) is 29.7. The molecule has 8 heteroatoms. The molecule has 0 saturated carbocycles. The second-order valence-corrected chi connectivity index (χ2v) is 8.28. The number of pyridine rings is 1. The summed E-state index contributed by atoms with van der Waals surface area (Å²) in [6.07, 6.45) is 13.7. The summed E-state index contributed by atoms with van der Waals surface area (Å²) in [5.41, 5.74) is -0.643. The summed E-state index contributed by atoms with van der Waals surface area (Å²) < 4.78 is 21.8. The lowest BCUT2D eigenvalue weighted by atomic mass is 9.84. The first kappa shape index (κ1) is 23.6. The maximum atomic E-state index is 12.8. The standard InChI is InChI=1S/C24H27NO7/c1-4-6-23(8-10-29-15-23)21(27)31-13-18-12-25-17(3)20(26)19(18)14-32-22(28)24(7-5-2)9-11-30-16-24/h1-2,12,26H,6-11,13-16H2,3H3. The Labute approximate surface area is 187 Å². The number of esters is 2. The van der Waals surface area contributed by atoms with Gasteiger partial charge in [0, 0.05) is 43.4 Å². The molecule has 3 heterocycles. The molecule has 0 aliphatic carbocycles. The fraction of sp³-hybridized carbons (Fsp3) is 0.542. The van der Waals surface area contributed by atoms with Crippen LogP contribution >= 0.6 is 0 Å². The number of hydrogen-bond acceptors (Lipinski definition) is 8. The summed E-state index contributed by atoms with van der Waals surface area (Å²) in [6.45, 7) is 2.52. The van der Waals surface area contributed by atoms with Crippen LogP contribution in [0.4, 0.5) is 0 Å². The van der Waals surface area contributed by atoms with Crippen LogP contribution in [0.5, 0.6) is 5.75 Å². The first-order valence-corrected chi connectivity index (χ1v) is 10.4. The number of aromatic nitrogens is 1. The van der Waals surface area contributed by atoms with Gasteiger partial charge in [-0.3, -0.25) is 14.6 Å². The number of rotatable bonds is 8. The highest BCUT2D eigenvalue weighted by molar-refractivity contribution is 5.78. The Morgan fingerprint density at radius 1 is 1.06 bits per heavy atom. The molecule has 3 rings (SSSR count). The van der Waals surface area contributed by atoms with Crippen molar-refractivity contribution in [1.82, 2.24) is 4.98 Å². The molecule has 32 heavy (non-hydrogen) atoms. The van der Waals surface area contributed by atoms with E-state index in [9.17, 15) is 14.7 Å².